The molecule has 1 aromatic rings. The molecule has 0 aromatic heterocycles. The summed E-state index contributed by atoms with van der Waals surface area (Å²) in [7, 11) is 0. The average molecular weight is 219 g/mol. The molecule has 0 aliphatic carbocycles. The second-order valence-corrected chi connectivity index (χ2v) is 3.07. The summed E-state index contributed by atoms with van der Waals surface area (Å²) in [6, 6.07) is 7.70. The standard InChI is InChI=1S/C10H15FN2.ClH/c1-8(11)7-13-10-4-2-3-9(5-10)6-12;/h2-5,8,13H,6-7,12H2,1H3;1H. The van der Waals surface area contributed by atoms with Crippen molar-refractivity contribution in [1.29, 1.82) is 0 Å². The predicted octanol–water partition coefficient (Wildman–Crippen LogP) is 2.34. The Morgan fingerprint density at radius 3 is 2.79 bits per heavy atom. The van der Waals surface area contributed by atoms with Crippen LogP contribution in [0.1, 0.15) is 12.5 Å². The molecule has 0 spiro atoms. The molecule has 1 rings (SSSR count). The molecule has 0 heterocycles. The molecule has 1 atom stereocenters. The van der Waals surface area contributed by atoms with Crippen molar-refractivity contribution in [3.8, 4) is 0 Å². The van der Waals surface area contributed by atoms with Gasteiger partial charge in [-0.25, -0.2) is 4.39 Å². The molecule has 2 nitrogen and oxygen atoms in total. The number of anilines is 1. The number of nitrogens with one attached hydrogen (secondary N) is 1. The van der Waals surface area contributed by atoms with Crippen molar-refractivity contribution in [3.05, 3.63) is 29.8 Å². The number of nitrogens with two attached hydrogens (primary N) is 1. The molecule has 0 saturated carbocycles. The highest BCUT2D eigenvalue weighted by Gasteiger charge is 1.97. The van der Waals surface area contributed by atoms with E-state index in [-0.39, 0.29) is 12.4 Å². The Balaban J connectivity index is 0.00000169. The van der Waals surface area contributed by atoms with E-state index < -0.39 is 6.17 Å². The maximum absolute atomic E-state index is 12.5. The van der Waals surface area contributed by atoms with Crippen LogP contribution >= 0.6 is 12.4 Å². The summed E-state index contributed by atoms with van der Waals surface area (Å²) in [4.78, 5) is 0. The lowest BCUT2D eigenvalue weighted by molar-refractivity contribution is 0.378. The fourth-order valence-corrected chi connectivity index (χ4v) is 1.07. The van der Waals surface area contributed by atoms with Crippen LogP contribution in [0.4, 0.5) is 10.1 Å². The summed E-state index contributed by atoms with van der Waals surface area (Å²) in [5.41, 5.74) is 7.45. The Morgan fingerprint density at radius 2 is 2.21 bits per heavy atom. The second kappa shape index (κ2) is 6.62. The number of benzene rings is 1. The smallest absolute Gasteiger partial charge is 0.114 e. The molecule has 3 N–H and O–H groups in total. The van der Waals surface area contributed by atoms with Crippen molar-refractivity contribution in [1.82, 2.24) is 0 Å². The van der Waals surface area contributed by atoms with Crippen LogP contribution in [0, 0.1) is 0 Å². The van der Waals surface area contributed by atoms with E-state index in [9.17, 15) is 4.39 Å². The van der Waals surface area contributed by atoms with E-state index in [0.29, 0.717) is 13.1 Å². The second-order valence-electron chi connectivity index (χ2n) is 3.07. The fraction of sp³-hybridized carbons (Fsp3) is 0.400. The lowest BCUT2D eigenvalue weighted by Gasteiger charge is -2.07. The Bertz CT molecular complexity index is 266. The highest BCUT2D eigenvalue weighted by Crippen LogP contribution is 2.10. The van der Waals surface area contributed by atoms with Crippen LogP contribution in [0.5, 0.6) is 0 Å². The molecular weight excluding hydrogens is 203 g/mol. The number of halogens is 2. The van der Waals surface area contributed by atoms with Gasteiger partial charge < -0.3 is 11.1 Å². The van der Waals surface area contributed by atoms with Gasteiger partial charge in [0.15, 0.2) is 0 Å². The molecule has 0 saturated heterocycles. The van der Waals surface area contributed by atoms with Gasteiger partial charge >= 0.3 is 0 Å². The van der Waals surface area contributed by atoms with Crippen LogP contribution < -0.4 is 11.1 Å². The first kappa shape index (κ1) is 13.2. The lowest BCUT2D eigenvalue weighted by atomic mass is 10.2. The van der Waals surface area contributed by atoms with Crippen LogP contribution in [-0.4, -0.2) is 12.7 Å². The third-order valence-corrected chi connectivity index (χ3v) is 1.75. The molecule has 0 fully saturated rings. The zero-order valence-electron chi connectivity index (χ0n) is 8.16. The summed E-state index contributed by atoms with van der Waals surface area (Å²) in [5.74, 6) is 0. The summed E-state index contributed by atoms with van der Waals surface area (Å²) >= 11 is 0. The largest absolute Gasteiger partial charge is 0.382 e. The quantitative estimate of drug-likeness (QED) is 0.814. The van der Waals surface area contributed by atoms with Crippen molar-refractivity contribution in [2.24, 2.45) is 5.73 Å². The van der Waals surface area contributed by atoms with Crippen molar-refractivity contribution in [3.63, 3.8) is 0 Å². The van der Waals surface area contributed by atoms with E-state index in [0.717, 1.165) is 11.3 Å². The van der Waals surface area contributed by atoms with Crippen LogP contribution in [0.25, 0.3) is 0 Å². The molecule has 80 valence electrons. The van der Waals surface area contributed by atoms with Crippen LogP contribution in [0.15, 0.2) is 24.3 Å². The van der Waals surface area contributed by atoms with Crippen molar-refractivity contribution >= 4 is 18.1 Å². The molecule has 0 bridgehead atoms. The minimum Gasteiger partial charge on any atom is -0.382 e. The predicted molar refractivity (Wildman–Crippen MR) is 60.6 cm³/mol. The van der Waals surface area contributed by atoms with Crippen molar-refractivity contribution < 1.29 is 4.39 Å². The van der Waals surface area contributed by atoms with Gasteiger partial charge in [-0.05, 0) is 24.6 Å². The normalized spacial score (nSPS) is 11.6. The molecule has 0 aliphatic heterocycles. The van der Waals surface area contributed by atoms with Gasteiger partial charge in [-0.2, -0.15) is 0 Å². The van der Waals surface area contributed by atoms with E-state index in [1.165, 1.54) is 6.92 Å². The summed E-state index contributed by atoms with van der Waals surface area (Å²) in [5, 5.41) is 2.99. The number of hydrogen-bond acceptors (Lipinski definition) is 2. The Hall–Kier alpha value is -0.800. The number of hydrogen-bond donors (Lipinski definition) is 2. The van der Waals surface area contributed by atoms with E-state index >= 15 is 0 Å². The van der Waals surface area contributed by atoms with Gasteiger partial charge in [0, 0.05) is 18.8 Å². The minimum absolute atomic E-state index is 0. The highest BCUT2D eigenvalue weighted by molar-refractivity contribution is 5.85. The zero-order valence-corrected chi connectivity index (χ0v) is 8.98. The van der Waals surface area contributed by atoms with Gasteiger partial charge in [-0.15, -0.1) is 12.4 Å². The van der Waals surface area contributed by atoms with Crippen molar-refractivity contribution in [2.75, 3.05) is 11.9 Å². The van der Waals surface area contributed by atoms with E-state index in [2.05, 4.69) is 5.32 Å². The van der Waals surface area contributed by atoms with Crippen LogP contribution in [-0.2, 0) is 6.54 Å². The molecule has 4 heteroatoms. The van der Waals surface area contributed by atoms with E-state index in [1.54, 1.807) is 0 Å². The molecule has 1 aromatic carbocycles. The molecule has 1 unspecified atom stereocenters. The number of alkyl halides is 1. The van der Waals surface area contributed by atoms with Gasteiger partial charge in [0.05, 0.1) is 0 Å². The fourth-order valence-electron chi connectivity index (χ4n) is 1.07. The Labute approximate surface area is 90.1 Å². The summed E-state index contributed by atoms with van der Waals surface area (Å²) in [6.45, 7) is 2.38. The number of rotatable bonds is 4. The Morgan fingerprint density at radius 1 is 1.50 bits per heavy atom. The van der Waals surface area contributed by atoms with Crippen LogP contribution in [0.2, 0.25) is 0 Å². The maximum Gasteiger partial charge on any atom is 0.114 e. The zero-order chi connectivity index (χ0) is 9.68. The van der Waals surface area contributed by atoms with Gasteiger partial charge in [-0.1, -0.05) is 12.1 Å². The molecule has 0 aliphatic rings. The average Bonchev–Trinajstić information content (AvgIpc) is 2.15. The van der Waals surface area contributed by atoms with E-state index in [1.807, 2.05) is 24.3 Å². The molecule has 14 heavy (non-hydrogen) atoms. The van der Waals surface area contributed by atoms with Gasteiger partial charge in [0.25, 0.3) is 0 Å². The first-order chi connectivity index (χ1) is 6.22. The topological polar surface area (TPSA) is 38.0 Å². The summed E-state index contributed by atoms with van der Waals surface area (Å²) in [6.07, 6.45) is -0.832. The Kier molecular flexibility index (Phi) is 6.25. The van der Waals surface area contributed by atoms with Gasteiger partial charge in [-0.3, -0.25) is 0 Å². The van der Waals surface area contributed by atoms with Crippen molar-refractivity contribution in [2.45, 2.75) is 19.6 Å². The highest BCUT2D eigenvalue weighted by atomic mass is 35.5. The third kappa shape index (κ3) is 4.44. The maximum atomic E-state index is 12.5. The van der Waals surface area contributed by atoms with Gasteiger partial charge in [0.1, 0.15) is 6.17 Å². The van der Waals surface area contributed by atoms with E-state index in [4.69, 9.17) is 5.73 Å². The molecular formula is C10H16ClFN2. The SMILES string of the molecule is CC(F)CNc1cccc(CN)c1.Cl. The third-order valence-electron chi connectivity index (χ3n) is 1.75. The first-order valence-electron chi connectivity index (χ1n) is 4.39. The summed E-state index contributed by atoms with van der Waals surface area (Å²) < 4.78 is 12.5. The lowest BCUT2D eigenvalue weighted by Crippen LogP contribution is -2.11. The van der Waals surface area contributed by atoms with Crippen LogP contribution in [0.3, 0.4) is 0 Å². The first-order valence-corrected chi connectivity index (χ1v) is 4.39. The van der Waals surface area contributed by atoms with Gasteiger partial charge in [0.2, 0.25) is 0 Å². The molecule has 0 radical (unpaired) electrons. The monoisotopic (exact) mass is 218 g/mol. The molecule has 0 amide bonds. The minimum atomic E-state index is -0.832.